The fourth-order valence-electron chi connectivity index (χ4n) is 2.16. The SMILES string of the molecule is CCCCCCCCC/C(C)=C/CCCC(=O)OC. The second kappa shape index (κ2) is 13.6. The molecule has 0 saturated heterocycles. The van der Waals surface area contributed by atoms with E-state index in [2.05, 4.69) is 24.7 Å². The van der Waals surface area contributed by atoms with Crippen LogP contribution < -0.4 is 0 Å². The molecule has 0 aliphatic rings. The molecule has 0 aliphatic heterocycles. The Bertz CT molecular complexity index is 244. The van der Waals surface area contributed by atoms with E-state index in [-0.39, 0.29) is 5.97 Å². The van der Waals surface area contributed by atoms with Gasteiger partial charge < -0.3 is 4.74 Å². The highest BCUT2D eigenvalue weighted by Crippen LogP contribution is 2.13. The second-order valence-corrected chi connectivity index (χ2v) is 5.39. The van der Waals surface area contributed by atoms with Crippen LogP contribution in [0.2, 0.25) is 0 Å². The Morgan fingerprint density at radius 3 is 2.21 bits per heavy atom. The van der Waals surface area contributed by atoms with E-state index in [9.17, 15) is 4.79 Å². The molecule has 0 fully saturated rings. The summed E-state index contributed by atoms with van der Waals surface area (Å²) in [6.45, 7) is 4.46. The molecular weight excluding hydrogens is 236 g/mol. The number of allylic oxidation sites excluding steroid dienone is 2. The molecule has 2 nitrogen and oxygen atoms in total. The van der Waals surface area contributed by atoms with Gasteiger partial charge in [-0.2, -0.15) is 0 Å². The molecule has 0 bridgehead atoms. The average Bonchev–Trinajstić information content (AvgIpc) is 2.42. The van der Waals surface area contributed by atoms with E-state index in [1.165, 1.54) is 64.0 Å². The number of carbonyl (C=O) groups is 1. The third-order valence-electron chi connectivity index (χ3n) is 3.48. The maximum absolute atomic E-state index is 10.9. The van der Waals surface area contributed by atoms with Gasteiger partial charge in [-0.05, 0) is 32.6 Å². The molecule has 0 heterocycles. The summed E-state index contributed by atoms with van der Waals surface area (Å²) in [6.07, 6.45) is 15.5. The van der Waals surface area contributed by atoms with Crippen LogP contribution in [0.1, 0.15) is 84.5 Å². The molecule has 0 aromatic rings. The summed E-state index contributed by atoms with van der Waals surface area (Å²) < 4.78 is 4.62. The van der Waals surface area contributed by atoms with Gasteiger partial charge in [-0.1, -0.05) is 57.1 Å². The molecule has 0 amide bonds. The first-order valence-electron chi connectivity index (χ1n) is 7.93. The Labute approximate surface area is 119 Å². The molecule has 0 aliphatic carbocycles. The predicted octanol–water partition coefficient (Wildman–Crippen LogP) is 5.42. The highest BCUT2D eigenvalue weighted by molar-refractivity contribution is 5.69. The van der Waals surface area contributed by atoms with Gasteiger partial charge in [0.25, 0.3) is 0 Å². The van der Waals surface area contributed by atoms with Crippen LogP contribution in [-0.4, -0.2) is 13.1 Å². The standard InChI is InChI=1S/C17H32O2/c1-4-5-6-7-8-9-10-13-16(2)14-11-12-15-17(18)19-3/h14H,4-13,15H2,1-3H3/b16-14+. The lowest BCUT2D eigenvalue weighted by molar-refractivity contribution is -0.140. The fraction of sp³-hybridized carbons (Fsp3) is 0.824. The summed E-state index contributed by atoms with van der Waals surface area (Å²) in [7, 11) is 1.45. The molecule has 0 atom stereocenters. The van der Waals surface area contributed by atoms with E-state index in [0.29, 0.717) is 6.42 Å². The van der Waals surface area contributed by atoms with Crippen LogP contribution in [0, 0.1) is 0 Å². The van der Waals surface area contributed by atoms with Crippen molar-refractivity contribution in [1.82, 2.24) is 0 Å². The second-order valence-electron chi connectivity index (χ2n) is 5.39. The normalized spacial score (nSPS) is 11.6. The zero-order chi connectivity index (χ0) is 14.3. The van der Waals surface area contributed by atoms with Crippen LogP contribution in [0.4, 0.5) is 0 Å². The fourth-order valence-corrected chi connectivity index (χ4v) is 2.16. The molecule has 0 spiro atoms. The summed E-state index contributed by atoms with van der Waals surface area (Å²) in [5.41, 5.74) is 1.47. The van der Waals surface area contributed by atoms with Crippen LogP contribution in [-0.2, 0) is 9.53 Å². The number of methoxy groups -OCH3 is 1. The largest absolute Gasteiger partial charge is 0.469 e. The smallest absolute Gasteiger partial charge is 0.305 e. The summed E-state index contributed by atoms with van der Waals surface area (Å²) in [4.78, 5) is 10.9. The molecular formula is C17H32O2. The van der Waals surface area contributed by atoms with Crippen LogP contribution >= 0.6 is 0 Å². The van der Waals surface area contributed by atoms with E-state index >= 15 is 0 Å². The number of esters is 1. The van der Waals surface area contributed by atoms with Gasteiger partial charge in [-0.3, -0.25) is 4.79 Å². The van der Waals surface area contributed by atoms with E-state index < -0.39 is 0 Å². The lowest BCUT2D eigenvalue weighted by Gasteiger charge is -2.03. The maximum atomic E-state index is 10.9. The first-order valence-corrected chi connectivity index (χ1v) is 7.93. The van der Waals surface area contributed by atoms with Gasteiger partial charge in [-0.15, -0.1) is 0 Å². The number of carbonyl (C=O) groups excluding carboxylic acids is 1. The first-order chi connectivity index (χ1) is 9.20. The Balaban J connectivity index is 3.37. The Morgan fingerprint density at radius 1 is 0.947 bits per heavy atom. The van der Waals surface area contributed by atoms with Gasteiger partial charge in [0.1, 0.15) is 0 Å². The summed E-state index contributed by atoms with van der Waals surface area (Å²) in [6, 6.07) is 0. The Morgan fingerprint density at radius 2 is 1.58 bits per heavy atom. The summed E-state index contributed by atoms with van der Waals surface area (Å²) >= 11 is 0. The average molecular weight is 268 g/mol. The Kier molecular flexibility index (Phi) is 13.1. The van der Waals surface area contributed by atoms with Crippen molar-refractivity contribution in [1.29, 1.82) is 0 Å². The van der Waals surface area contributed by atoms with Crippen LogP contribution in [0.25, 0.3) is 0 Å². The lowest BCUT2D eigenvalue weighted by Crippen LogP contribution is -1.98. The van der Waals surface area contributed by atoms with E-state index in [1.54, 1.807) is 0 Å². The van der Waals surface area contributed by atoms with Gasteiger partial charge in [0.2, 0.25) is 0 Å². The molecule has 112 valence electrons. The van der Waals surface area contributed by atoms with Crippen LogP contribution in [0.3, 0.4) is 0 Å². The summed E-state index contributed by atoms with van der Waals surface area (Å²) in [5, 5.41) is 0. The lowest BCUT2D eigenvalue weighted by atomic mass is 10.0. The number of hydrogen-bond acceptors (Lipinski definition) is 2. The van der Waals surface area contributed by atoms with Crippen molar-refractivity contribution in [3.63, 3.8) is 0 Å². The number of hydrogen-bond donors (Lipinski definition) is 0. The van der Waals surface area contributed by atoms with Crippen molar-refractivity contribution in [2.75, 3.05) is 7.11 Å². The highest BCUT2D eigenvalue weighted by Gasteiger charge is 1.98. The number of unbranched alkanes of at least 4 members (excludes halogenated alkanes) is 7. The van der Waals surface area contributed by atoms with Crippen molar-refractivity contribution in [3.05, 3.63) is 11.6 Å². The molecule has 2 heteroatoms. The minimum absolute atomic E-state index is 0.0990. The molecule has 0 radical (unpaired) electrons. The molecule has 19 heavy (non-hydrogen) atoms. The van der Waals surface area contributed by atoms with Crippen molar-refractivity contribution < 1.29 is 9.53 Å². The van der Waals surface area contributed by atoms with Crippen LogP contribution in [0.15, 0.2) is 11.6 Å². The molecule has 0 unspecified atom stereocenters. The zero-order valence-electron chi connectivity index (χ0n) is 13.2. The van der Waals surface area contributed by atoms with E-state index in [4.69, 9.17) is 0 Å². The molecule has 0 N–H and O–H groups in total. The van der Waals surface area contributed by atoms with E-state index in [0.717, 1.165) is 12.8 Å². The maximum Gasteiger partial charge on any atom is 0.305 e. The van der Waals surface area contributed by atoms with Gasteiger partial charge in [0.15, 0.2) is 0 Å². The van der Waals surface area contributed by atoms with E-state index in [1.807, 2.05) is 0 Å². The molecule has 0 rings (SSSR count). The van der Waals surface area contributed by atoms with Gasteiger partial charge in [0.05, 0.1) is 7.11 Å². The third-order valence-corrected chi connectivity index (χ3v) is 3.48. The number of rotatable bonds is 12. The minimum atomic E-state index is -0.0990. The first kappa shape index (κ1) is 18.2. The van der Waals surface area contributed by atoms with Crippen molar-refractivity contribution in [3.8, 4) is 0 Å². The summed E-state index contributed by atoms with van der Waals surface area (Å²) in [5.74, 6) is -0.0990. The highest BCUT2D eigenvalue weighted by atomic mass is 16.5. The predicted molar refractivity (Wildman–Crippen MR) is 82.2 cm³/mol. The van der Waals surface area contributed by atoms with Crippen molar-refractivity contribution in [2.45, 2.75) is 84.5 Å². The Hall–Kier alpha value is -0.790. The van der Waals surface area contributed by atoms with Crippen molar-refractivity contribution >= 4 is 5.97 Å². The monoisotopic (exact) mass is 268 g/mol. The molecule has 0 aromatic heterocycles. The molecule has 0 aromatic carbocycles. The third kappa shape index (κ3) is 13.4. The molecule has 0 saturated carbocycles. The van der Waals surface area contributed by atoms with Gasteiger partial charge in [-0.25, -0.2) is 0 Å². The quantitative estimate of drug-likeness (QED) is 0.268. The van der Waals surface area contributed by atoms with Gasteiger partial charge >= 0.3 is 5.97 Å². The topological polar surface area (TPSA) is 26.3 Å². The van der Waals surface area contributed by atoms with Gasteiger partial charge in [0, 0.05) is 6.42 Å². The van der Waals surface area contributed by atoms with Crippen molar-refractivity contribution in [2.24, 2.45) is 0 Å². The van der Waals surface area contributed by atoms with Crippen LogP contribution in [0.5, 0.6) is 0 Å². The minimum Gasteiger partial charge on any atom is -0.469 e. The zero-order valence-corrected chi connectivity index (χ0v) is 13.2. The number of ether oxygens (including phenoxy) is 1.